The topological polar surface area (TPSA) is 57.7 Å². The lowest BCUT2D eigenvalue weighted by Crippen LogP contribution is -2.30. The van der Waals surface area contributed by atoms with Crippen molar-refractivity contribution in [3.8, 4) is 0 Å². The van der Waals surface area contributed by atoms with Crippen LogP contribution < -0.4 is 4.90 Å². The number of aromatic amines is 1. The molecule has 0 bridgehead atoms. The van der Waals surface area contributed by atoms with Gasteiger partial charge >= 0.3 is 0 Å². The fourth-order valence-corrected chi connectivity index (χ4v) is 4.64. The minimum Gasteiger partial charge on any atom is -0.355 e. The van der Waals surface area contributed by atoms with Crippen LogP contribution in [0.1, 0.15) is 25.0 Å². The van der Waals surface area contributed by atoms with Gasteiger partial charge in [-0.05, 0) is 19.3 Å². The fraction of sp³-hybridized carbons (Fsp3) is 0.400. The van der Waals surface area contributed by atoms with E-state index in [-0.39, 0.29) is 0 Å². The zero-order chi connectivity index (χ0) is 15.6. The maximum atomic E-state index is 6.56. The zero-order valence-corrected chi connectivity index (χ0v) is 14.8. The standard InChI is InChI=1S/C15H16ClN5S2/c16-13-12(8-23-15-19-10-6-22-7-11(10)20-15)17-9-18-14(13)21-4-2-1-3-5-21/h6-7,9H,1-5,8H2,(H,19,20). The predicted octanol–water partition coefficient (Wildman–Crippen LogP) is 4.35. The number of imidazole rings is 1. The summed E-state index contributed by atoms with van der Waals surface area (Å²) in [5.41, 5.74) is 2.96. The number of halogens is 1. The molecule has 0 radical (unpaired) electrons. The van der Waals surface area contributed by atoms with Crippen molar-refractivity contribution in [2.75, 3.05) is 18.0 Å². The summed E-state index contributed by atoms with van der Waals surface area (Å²) >= 11 is 9.83. The Morgan fingerprint density at radius 1 is 1.22 bits per heavy atom. The number of hydrogen-bond donors (Lipinski definition) is 1. The molecule has 0 saturated carbocycles. The summed E-state index contributed by atoms with van der Waals surface area (Å²) in [6, 6.07) is 0. The molecule has 1 N–H and O–H groups in total. The molecule has 120 valence electrons. The highest BCUT2D eigenvalue weighted by atomic mass is 35.5. The Kier molecular flexibility index (Phi) is 4.41. The first-order valence-electron chi connectivity index (χ1n) is 7.60. The van der Waals surface area contributed by atoms with E-state index in [0.29, 0.717) is 10.8 Å². The van der Waals surface area contributed by atoms with Crippen LogP contribution in [0.2, 0.25) is 5.02 Å². The second-order valence-corrected chi connectivity index (χ2v) is 7.59. The summed E-state index contributed by atoms with van der Waals surface area (Å²) in [6.45, 7) is 2.05. The second-order valence-electron chi connectivity index (χ2n) is 5.51. The first-order chi connectivity index (χ1) is 11.3. The van der Waals surface area contributed by atoms with Gasteiger partial charge in [0.25, 0.3) is 0 Å². The lowest BCUT2D eigenvalue weighted by atomic mass is 10.1. The minimum atomic E-state index is 0.676. The van der Waals surface area contributed by atoms with E-state index in [0.717, 1.165) is 40.8 Å². The molecule has 0 amide bonds. The molecule has 5 nitrogen and oxygen atoms in total. The Morgan fingerprint density at radius 3 is 2.91 bits per heavy atom. The van der Waals surface area contributed by atoms with E-state index in [1.165, 1.54) is 19.3 Å². The Labute approximate surface area is 147 Å². The van der Waals surface area contributed by atoms with Crippen molar-refractivity contribution in [3.05, 3.63) is 27.8 Å². The number of piperidine rings is 1. The van der Waals surface area contributed by atoms with Crippen LogP contribution in [0, 0.1) is 0 Å². The van der Waals surface area contributed by atoms with Crippen LogP contribution in [0.3, 0.4) is 0 Å². The Morgan fingerprint density at radius 2 is 2.09 bits per heavy atom. The first-order valence-corrected chi connectivity index (χ1v) is 9.91. The Bertz CT molecular complexity index is 781. The molecule has 4 rings (SSSR count). The van der Waals surface area contributed by atoms with E-state index in [1.807, 2.05) is 5.38 Å². The van der Waals surface area contributed by atoms with Crippen molar-refractivity contribution in [1.29, 1.82) is 0 Å². The highest BCUT2D eigenvalue weighted by molar-refractivity contribution is 7.98. The molecule has 1 aliphatic rings. The number of thiophene rings is 1. The van der Waals surface area contributed by atoms with Gasteiger partial charge in [-0.2, -0.15) is 0 Å². The molecule has 4 heterocycles. The van der Waals surface area contributed by atoms with E-state index >= 15 is 0 Å². The van der Waals surface area contributed by atoms with Crippen molar-refractivity contribution in [2.24, 2.45) is 0 Å². The van der Waals surface area contributed by atoms with Gasteiger partial charge in [0.2, 0.25) is 0 Å². The second kappa shape index (κ2) is 6.67. The van der Waals surface area contributed by atoms with Gasteiger partial charge in [-0.15, -0.1) is 11.3 Å². The van der Waals surface area contributed by atoms with Crippen LogP contribution in [-0.4, -0.2) is 33.0 Å². The van der Waals surface area contributed by atoms with E-state index in [1.54, 1.807) is 29.4 Å². The third kappa shape index (κ3) is 3.18. The average Bonchev–Trinajstić information content (AvgIpc) is 3.16. The van der Waals surface area contributed by atoms with Crippen LogP contribution in [0.4, 0.5) is 5.82 Å². The molecule has 23 heavy (non-hydrogen) atoms. The molecule has 0 unspecified atom stereocenters. The number of aromatic nitrogens is 4. The molecule has 0 spiro atoms. The van der Waals surface area contributed by atoms with E-state index in [9.17, 15) is 0 Å². The predicted molar refractivity (Wildman–Crippen MR) is 96.6 cm³/mol. The van der Waals surface area contributed by atoms with Gasteiger partial charge in [-0.1, -0.05) is 23.4 Å². The normalized spacial score (nSPS) is 15.4. The van der Waals surface area contributed by atoms with Crippen molar-refractivity contribution in [3.63, 3.8) is 0 Å². The van der Waals surface area contributed by atoms with Gasteiger partial charge in [-0.3, -0.25) is 0 Å². The number of hydrogen-bond acceptors (Lipinski definition) is 6. The molecular weight excluding hydrogens is 350 g/mol. The first kappa shape index (κ1) is 15.2. The maximum Gasteiger partial charge on any atom is 0.166 e. The van der Waals surface area contributed by atoms with Crippen molar-refractivity contribution in [1.82, 2.24) is 19.9 Å². The number of thioether (sulfide) groups is 1. The molecule has 0 aliphatic carbocycles. The number of anilines is 1. The van der Waals surface area contributed by atoms with Gasteiger partial charge in [0.05, 0.1) is 11.2 Å². The number of H-pyrrole nitrogens is 1. The number of fused-ring (bicyclic) bond motifs is 1. The third-order valence-corrected chi connectivity index (χ3v) is 5.95. The highest BCUT2D eigenvalue weighted by Crippen LogP contribution is 2.31. The highest BCUT2D eigenvalue weighted by Gasteiger charge is 2.18. The number of rotatable bonds is 4. The molecular formula is C15H16ClN5S2. The van der Waals surface area contributed by atoms with Crippen molar-refractivity contribution < 1.29 is 0 Å². The largest absolute Gasteiger partial charge is 0.355 e. The fourth-order valence-electron chi connectivity index (χ4n) is 2.75. The Hall–Kier alpha value is -1.31. The van der Waals surface area contributed by atoms with Gasteiger partial charge in [0.15, 0.2) is 11.0 Å². The number of nitrogens with one attached hydrogen (secondary N) is 1. The van der Waals surface area contributed by atoms with Crippen molar-refractivity contribution in [2.45, 2.75) is 30.2 Å². The quantitative estimate of drug-likeness (QED) is 0.696. The molecule has 3 aromatic heterocycles. The lowest BCUT2D eigenvalue weighted by molar-refractivity contribution is 0.573. The van der Waals surface area contributed by atoms with Gasteiger partial charge in [0.1, 0.15) is 16.9 Å². The lowest BCUT2D eigenvalue weighted by Gasteiger charge is -2.28. The summed E-state index contributed by atoms with van der Waals surface area (Å²) in [6.07, 6.45) is 5.31. The van der Waals surface area contributed by atoms with Crippen molar-refractivity contribution >= 4 is 51.6 Å². The molecule has 0 aromatic carbocycles. The maximum absolute atomic E-state index is 6.56. The summed E-state index contributed by atoms with van der Waals surface area (Å²) in [7, 11) is 0. The van der Waals surface area contributed by atoms with E-state index in [4.69, 9.17) is 11.6 Å². The molecule has 8 heteroatoms. The summed E-state index contributed by atoms with van der Waals surface area (Å²) in [5, 5.41) is 5.69. The van der Waals surface area contributed by atoms with Crippen LogP contribution in [0.25, 0.3) is 11.0 Å². The monoisotopic (exact) mass is 365 g/mol. The van der Waals surface area contributed by atoms with Crippen LogP contribution in [0.15, 0.2) is 22.2 Å². The smallest absolute Gasteiger partial charge is 0.166 e. The van der Waals surface area contributed by atoms with Gasteiger partial charge < -0.3 is 9.88 Å². The number of nitrogens with zero attached hydrogens (tertiary/aromatic N) is 4. The van der Waals surface area contributed by atoms with Crippen LogP contribution >= 0.6 is 34.7 Å². The van der Waals surface area contributed by atoms with Gasteiger partial charge in [0, 0.05) is 29.6 Å². The van der Waals surface area contributed by atoms with E-state index in [2.05, 4.69) is 30.2 Å². The van der Waals surface area contributed by atoms with Crippen LogP contribution in [-0.2, 0) is 5.75 Å². The zero-order valence-electron chi connectivity index (χ0n) is 12.5. The summed E-state index contributed by atoms with van der Waals surface area (Å²) < 4.78 is 0. The third-order valence-electron chi connectivity index (χ3n) is 3.95. The minimum absolute atomic E-state index is 0.676. The molecule has 3 aromatic rings. The molecule has 0 atom stereocenters. The Balaban J connectivity index is 1.50. The molecule has 1 fully saturated rings. The summed E-state index contributed by atoms with van der Waals surface area (Å²) in [5.74, 6) is 1.55. The van der Waals surface area contributed by atoms with E-state index < -0.39 is 0 Å². The molecule has 1 saturated heterocycles. The molecule has 1 aliphatic heterocycles. The SMILES string of the molecule is Clc1c(CSc2nc3cscc3[nH]2)ncnc1N1CCCCC1. The summed E-state index contributed by atoms with van der Waals surface area (Å²) in [4.78, 5) is 18.9. The average molecular weight is 366 g/mol. The van der Waals surface area contributed by atoms with Crippen LogP contribution in [0.5, 0.6) is 0 Å². The van der Waals surface area contributed by atoms with Gasteiger partial charge in [-0.25, -0.2) is 15.0 Å².